The molecule has 0 amide bonds. The third-order valence-electron chi connectivity index (χ3n) is 17.5. The molecule has 0 saturated carbocycles. The van der Waals surface area contributed by atoms with Gasteiger partial charge < -0.3 is 33.8 Å². The second-order valence-electron chi connectivity index (χ2n) is 27.1. The molecule has 0 radical (unpaired) electrons. The summed E-state index contributed by atoms with van der Waals surface area (Å²) >= 11 is 0. The first-order valence-corrected chi connectivity index (χ1v) is 42.6. The normalized spacial score (nSPS) is 14.0. The second kappa shape index (κ2) is 71.0. The lowest BCUT2D eigenvalue weighted by atomic mass is 10.0. The van der Waals surface area contributed by atoms with Gasteiger partial charge in [0.15, 0.2) is 12.2 Å². The predicted octanol–water partition coefficient (Wildman–Crippen LogP) is 22.6. The number of carbonyl (C=O) groups is 4. The van der Waals surface area contributed by atoms with E-state index < -0.39 is 97.5 Å². The van der Waals surface area contributed by atoms with Gasteiger partial charge in [-0.25, -0.2) is 9.13 Å². The van der Waals surface area contributed by atoms with Crippen LogP contribution < -0.4 is 0 Å². The molecule has 0 aliphatic carbocycles. The molecule has 0 aliphatic heterocycles. The maximum absolute atomic E-state index is 13.1. The average molecular weight is 1410 g/mol. The van der Waals surface area contributed by atoms with Crippen LogP contribution in [-0.2, 0) is 65.4 Å². The zero-order chi connectivity index (χ0) is 70.4. The molecule has 0 aliphatic rings. The first-order valence-electron chi connectivity index (χ1n) is 39.6. The number of hydrogen-bond acceptors (Lipinski definition) is 15. The average Bonchev–Trinajstić information content (AvgIpc) is 1.43. The Morgan fingerprint density at radius 3 is 0.760 bits per heavy atom. The Morgan fingerprint density at radius 1 is 0.292 bits per heavy atom. The van der Waals surface area contributed by atoms with Gasteiger partial charge in [-0.1, -0.05) is 335 Å². The smallest absolute Gasteiger partial charge is 0.462 e. The molecule has 0 aromatic carbocycles. The lowest BCUT2D eigenvalue weighted by Gasteiger charge is -2.21. The van der Waals surface area contributed by atoms with Crippen molar-refractivity contribution in [1.82, 2.24) is 0 Å². The predicted molar refractivity (Wildman–Crippen MR) is 391 cm³/mol. The van der Waals surface area contributed by atoms with Crippen LogP contribution in [0.1, 0.15) is 387 Å². The van der Waals surface area contributed by atoms with Crippen LogP contribution in [0, 0.1) is 0 Å². The minimum atomic E-state index is -4.96. The number of rotatable bonds is 76. The number of aliphatic hydroxyl groups excluding tert-OH is 1. The largest absolute Gasteiger partial charge is 0.472 e. The van der Waals surface area contributed by atoms with Crippen LogP contribution in [-0.4, -0.2) is 96.7 Å². The summed E-state index contributed by atoms with van der Waals surface area (Å²) in [6.07, 6.45) is 64.5. The zero-order valence-electron chi connectivity index (χ0n) is 61.8. The molecular formula is C77H146O17P2. The Morgan fingerprint density at radius 2 is 0.500 bits per heavy atom. The molecule has 17 nitrogen and oxygen atoms in total. The van der Waals surface area contributed by atoms with Gasteiger partial charge in [-0.15, -0.1) is 0 Å². The van der Waals surface area contributed by atoms with E-state index in [0.29, 0.717) is 25.7 Å². The van der Waals surface area contributed by atoms with Gasteiger partial charge in [0, 0.05) is 25.7 Å². The van der Waals surface area contributed by atoms with Crippen LogP contribution in [0.25, 0.3) is 0 Å². The first-order chi connectivity index (χ1) is 46.7. The third-order valence-corrected chi connectivity index (χ3v) is 19.4. The Bertz CT molecular complexity index is 1920. The van der Waals surface area contributed by atoms with Gasteiger partial charge >= 0.3 is 39.5 Å². The van der Waals surface area contributed by atoms with Gasteiger partial charge in [0.2, 0.25) is 0 Å². The molecule has 3 N–H and O–H groups in total. The molecule has 5 atom stereocenters. The molecular weight excluding hydrogens is 1260 g/mol. The summed E-state index contributed by atoms with van der Waals surface area (Å²) < 4.78 is 68.5. The number of carbonyl (C=O) groups excluding carboxylic acids is 4. The van der Waals surface area contributed by atoms with Crippen molar-refractivity contribution in [2.75, 3.05) is 39.6 Å². The second-order valence-corrected chi connectivity index (χ2v) is 30.0. The highest BCUT2D eigenvalue weighted by Crippen LogP contribution is 2.45. The Hall–Kier alpha value is -2.46. The molecule has 19 heteroatoms. The van der Waals surface area contributed by atoms with Crippen LogP contribution in [0.3, 0.4) is 0 Å². The van der Waals surface area contributed by atoms with Crippen LogP contribution in [0.5, 0.6) is 0 Å². The highest BCUT2D eigenvalue weighted by Gasteiger charge is 2.30. The SMILES string of the molecule is CCCCCC/C=C\C=C/CCCCCCCC(=O)OC[C@H](COP(=O)(O)OC[C@@H](O)COP(=O)(O)OC[C@@H](COC(=O)CCCCCCCCCCCC)OC(=O)CCCCCCCCCCCCCCCC)OC(=O)CCCCCCCCCCCCCCCCCCC. The lowest BCUT2D eigenvalue weighted by Crippen LogP contribution is -2.30. The lowest BCUT2D eigenvalue weighted by molar-refractivity contribution is -0.161. The fraction of sp³-hybridized carbons (Fsp3) is 0.896. The number of phosphoric acid groups is 2. The molecule has 566 valence electrons. The quantitative estimate of drug-likeness (QED) is 0.0169. The molecule has 0 spiro atoms. The number of hydrogen-bond donors (Lipinski definition) is 3. The van der Waals surface area contributed by atoms with E-state index in [4.69, 9.17) is 37.0 Å². The van der Waals surface area contributed by atoms with Crippen molar-refractivity contribution in [2.45, 2.75) is 406 Å². The van der Waals surface area contributed by atoms with Crippen molar-refractivity contribution in [3.8, 4) is 0 Å². The highest BCUT2D eigenvalue weighted by atomic mass is 31.2. The van der Waals surface area contributed by atoms with Crippen molar-refractivity contribution >= 4 is 39.5 Å². The summed E-state index contributed by atoms with van der Waals surface area (Å²) in [5.41, 5.74) is 0. The van der Waals surface area contributed by atoms with E-state index in [2.05, 4.69) is 52.0 Å². The minimum absolute atomic E-state index is 0.102. The van der Waals surface area contributed by atoms with Gasteiger partial charge in [-0.3, -0.25) is 37.3 Å². The van der Waals surface area contributed by atoms with Gasteiger partial charge in [-0.2, -0.15) is 0 Å². The Labute approximate surface area is 586 Å². The van der Waals surface area contributed by atoms with E-state index >= 15 is 0 Å². The first kappa shape index (κ1) is 93.5. The summed E-state index contributed by atoms with van der Waals surface area (Å²) in [6, 6.07) is 0. The third kappa shape index (κ3) is 70.0. The maximum Gasteiger partial charge on any atom is 0.472 e. The number of ether oxygens (including phenoxy) is 4. The molecule has 0 rings (SSSR count). The van der Waals surface area contributed by atoms with Crippen LogP contribution >= 0.6 is 15.6 Å². The van der Waals surface area contributed by atoms with Crippen LogP contribution in [0.15, 0.2) is 24.3 Å². The standard InChI is InChI=1S/C77H146O17P2/c1-5-9-13-17-21-25-29-32-35-36-38-41-44-48-52-56-60-64-77(82)94-73(68-88-75(80)62-58-54-50-46-42-40-37-33-30-26-22-18-14-10-6-2)70-92-96(85,86)90-66-71(78)65-89-95(83,84)91-69-72(67-87-74(79)61-57-53-49-45-28-24-20-16-12-8-4)93-76(81)63-59-55-51-47-43-39-34-31-27-23-19-15-11-7-3/h26,30,33,37,71-73,78H,5-25,27-29,31-32,34-36,38-70H2,1-4H3,(H,83,84)(H,85,86)/b30-26-,37-33-/t71-,72+,73+/m0/s1. The van der Waals surface area contributed by atoms with E-state index in [0.717, 1.165) is 109 Å². The Kier molecular flexibility index (Phi) is 69.1. The molecule has 0 aromatic rings. The summed E-state index contributed by atoms with van der Waals surface area (Å²) in [7, 11) is -9.92. The van der Waals surface area contributed by atoms with Gasteiger partial charge in [0.25, 0.3) is 0 Å². The van der Waals surface area contributed by atoms with E-state index in [1.807, 2.05) is 0 Å². The molecule has 0 aromatic heterocycles. The summed E-state index contributed by atoms with van der Waals surface area (Å²) in [6.45, 7) is 4.93. The molecule has 0 bridgehead atoms. The highest BCUT2D eigenvalue weighted by molar-refractivity contribution is 7.47. The fourth-order valence-corrected chi connectivity index (χ4v) is 13.0. The van der Waals surface area contributed by atoms with Gasteiger partial charge in [0.05, 0.1) is 26.4 Å². The molecule has 96 heavy (non-hydrogen) atoms. The summed E-state index contributed by atoms with van der Waals surface area (Å²) in [5, 5.41) is 10.6. The minimum Gasteiger partial charge on any atom is -0.462 e. The van der Waals surface area contributed by atoms with Gasteiger partial charge in [-0.05, 0) is 51.4 Å². The van der Waals surface area contributed by atoms with E-state index in [9.17, 15) is 43.2 Å². The van der Waals surface area contributed by atoms with Crippen molar-refractivity contribution in [1.29, 1.82) is 0 Å². The number of unbranched alkanes of at least 4 members (excludes halogenated alkanes) is 47. The maximum atomic E-state index is 13.1. The summed E-state index contributed by atoms with van der Waals surface area (Å²) in [4.78, 5) is 72.8. The van der Waals surface area contributed by atoms with Crippen LogP contribution in [0.4, 0.5) is 0 Å². The number of aliphatic hydroxyl groups is 1. The zero-order valence-corrected chi connectivity index (χ0v) is 63.6. The van der Waals surface area contributed by atoms with Crippen molar-refractivity contribution in [3.05, 3.63) is 24.3 Å². The monoisotopic (exact) mass is 1410 g/mol. The van der Waals surface area contributed by atoms with Crippen molar-refractivity contribution in [2.24, 2.45) is 0 Å². The number of esters is 4. The number of allylic oxidation sites excluding steroid dienone is 4. The molecule has 2 unspecified atom stereocenters. The molecule has 0 saturated heterocycles. The van der Waals surface area contributed by atoms with Crippen molar-refractivity contribution < 1.29 is 80.2 Å². The topological polar surface area (TPSA) is 237 Å². The van der Waals surface area contributed by atoms with Gasteiger partial charge in [0.1, 0.15) is 19.3 Å². The van der Waals surface area contributed by atoms with Crippen molar-refractivity contribution in [3.63, 3.8) is 0 Å². The van der Waals surface area contributed by atoms with E-state index in [-0.39, 0.29) is 25.7 Å². The molecule has 0 heterocycles. The number of phosphoric ester groups is 2. The molecule has 0 fully saturated rings. The Balaban J connectivity index is 5.27. The summed E-state index contributed by atoms with van der Waals surface area (Å²) in [5.74, 6) is -2.14. The van der Waals surface area contributed by atoms with E-state index in [1.165, 1.54) is 199 Å². The van der Waals surface area contributed by atoms with Crippen LogP contribution in [0.2, 0.25) is 0 Å². The fourth-order valence-electron chi connectivity index (χ4n) is 11.4. The van der Waals surface area contributed by atoms with E-state index in [1.54, 1.807) is 0 Å².